The molecule has 2 aromatic rings. The quantitative estimate of drug-likeness (QED) is 0.626. The van der Waals surface area contributed by atoms with Gasteiger partial charge in [0, 0.05) is 10.0 Å². The number of aryl methyl sites for hydroxylation is 1. The monoisotopic (exact) mass is 298 g/mol. The number of alkyl halides is 1. The molecule has 2 rings (SSSR count). The van der Waals surface area contributed by atoms with Gasteiger partial charge in [0.2, 0.25) is 0 Å². The maximum absolute atomic E-state index is 6.42. The summed E-state index contributed by atoms with van der Waals surface area (Å²) >= 11 is 18.4. The molecule has 0 N–H and O–H groups in total. The molecule has 94 valence electrons. The molecule has 1 unspecified atom stereocenters. The maximum Gasteiger partial charge on any atom is 0.0626 e. The first-order valence-electron chi connectivity index (χ1n) is 5.70. The van der Waals surface area contributed by atoms with Crippen LogP contribution in [0.5, 0.6) is 0 Å². The van der Waals surface area contributed by atoms with Crippen LogP contribution in [-0.2, 0) is 6.42 Å². The number of hydrogen-bond donors (Lipinski definition) is 0. The van der Waals surface area contributed by atoms with E-state index in [1.165, 1.54) is 11.1 Å². The Balaban J connectivity index is 2.19. The summed E-state index contributed by atoms with van der Waals surface area (Å²) in [7, 11) is 0. The van der Waals surface area contributed by atoms with Crippen molar-refractivity contribution >= 4 is 34.8 Å². The molecule has 0 aliphatic heterocycles. The Kier molecular flexibility index (Phi) is 4.55. The molecule has 0 bridgehead atoms. The zero-order valence-corrected chi connectivity index (χ0v) is 12.2. The molecule has 0 saturated heterocycles. The highest BCUT2D eigenvalue weighted by molar-refractivity contribution is 6.35. The predicted octanol–water partition coefficient (Wildman–Crippen LogP) is 5.82. The van der Waals surface area contributed by atoms with Crippen molar-refractivity contribution < 1.29 is 0 Å². The van der Waals surface area contributed by atoms with Gasteiger partial charge in [0.05, 0.1) is 5.38 Å². The molecule has 0 aliphatic rings. The van der Waals surface area contributed by atoms with E-state index >= 15 is 0 Å². The zero-order chi connectivity index (χ0) is 13.1. The van der Waals surface area contributed by atoms with E-state index in [2.05, 4.69) is 25.1 Å². The molecular weight excluding hydrogens is 287 g/mol. The van der Waals surface area contributed by atoms with Crippen molar-refractivity contribution in [3.8, 4) is 0 Å². The summed E-state index contributed by atoms with van der Waals surface area (Å²) in [5, 5.41) is 1.11. The normalized spacial score (nSPS) is 12.4. The van der Waals surface area contributed by atoms with Crippen molar-refractivity contribution in [2.45, 2.75) is 18.7 Å². The third-order valence-corrected chi connectivity index (χ3v) is 3.59. The van der Waals surface area contributed by atoms with Crippen LogP contribution in [0.4, 0.5) is 0 Å². The fourth-order valence-electron chi connectivity index (χ4n) is 1.92. The van der Waals surface area contributed by atoms with Gasteiger partial charge >= 0.3 is 0 Å². The Hall–Kier alpha value is -0.690. The van der Waals surface area contributed by atoms with Gasteiger partial charge in [-0.1, -0.05) is 53.0 Å². The average Bonchev–Trinajstić information content (AvgIpc) is 2.27. The number of benzene rings is 2. The Morgan fingerprint density at radius 2 is 1.67 bits per heavy atom. The maximum atomic E-state index is 6.42. The number of rotatable bonds is 3. The van der Waals surface area contributed by atoms with Crippen LogP contribution in [0.15, 0.2) is 42.5 Å². The summed E-state index contributed by atoms with van der Waals surface area (Å²) in [4.78, 5) is 0. The summed E-state index contributed by atoms with van der Waals surface area (Å²) in [5.41, 5.74) is 3.40. The lowest BCUT2D eigenvalue weighted by molar-refractivity contribution is 0.918. The lowest BCUT2D eigenvalue weighted by Crippen LogP contribution is -1.96. The first kappa shape index (κ1) is 13.7. The minimum Gasteiger partial charge on any atom is -0.117 e. The molecular formula is C15H13Cl3. The van der Waals surface area contributed by atoms with Gasteiger partial charge in [0.1, 0.15) is 0 Å². The summed E-state index contributed by atoms with van der Waals surface area (Å²) in [5.74, 6) is 0. The molecule has 0 saturated carbocycles. The van der Waals surface area contributed by atoms with Crippen molar-refractivity contribution in [2.24, 2.45) is 0 Å². The van der Waals surface area contributed by atoms with Crippen LogP contribution in [0.25, 0.3) is 0 Å². The second-order valence-corrected chi connectivity index (χ2v) is 5.76. The lowest BCUT2D eigenvalue weighted by atomic mass is 10.0. The largest absolute Gasteiger partial charge is 0.117 e. The van der Waals surface area contributed by atoms with Crippen LogP contribution in [0.3, 0.4) is 0 Å². The van der Waals surface area contributed by atoms with Crippen LogP contribution in [0.2, 0.25) is 10.0 Å². The Morgan fingerprint density at radius 3 is 2.28 bits per heavy atom. The zero-order valence-electron chi connectivity index (χ0n) is 9.96. The second kappa shape index (κ2) is 5.97. The van der Waals surface area contributed by atoms with Crippen molar-refractivity contribution in [1.29, 1.82) is 0 Å². The first-order chi connectivity index (χ1) is 8.54. The van der Waals surface area contributed by atoms with Crippen LogP contribution < -0.4 is 0 Å². The topological polar surface area (TPSA) is 0 Å². The molecule has 0 aromatic heterocycles. The predicted molar refractivity (Wildman–Crippen MR) is 79.9 cm³/mol. The van der Waals surface area contributed by atoms with Gasteiger partial charge in [-0.2, -0.15) is 0 Å². The van der Waals surface area contributed by atoms with E-state index in [1.54, 1.807) is 6.07 Å². The molecule has 3 heteroatoms. The van der Waals surface area contributed by atoms with E-state index in [9.17, 15) is 0 Å². The Morgan fingerprint density at radius 1 is 1.00 bits per heavy atom. The smallest absolute Gasteiger partial charge is 0.0626 e. The molecule has 0 spiro atoms. The molecule has 0 fully saturated rings. The van der Waals surface area contributed by atoms with Crippen LogP contribution in [0.1, 0.15) is 22.1 Å². The highest BCUT2D eigenvalue weighted by Gasteiger charge is 2.10. The fraction of sp³-hybridized carbons (Fsp3) is 0.200. The van der Waals surface area contributed by atoms with Crippen molar-refractivity contribution in [1.82, 2.24) is 0 Å². The van der Waals surface area contributed by atoms with E-state index in [-0.39, 0.29) is 5.38 Å². The van der Waals surface area contributed by atoms with Gasteiger partial charge in [-0.05, 0) is 42.7 Å². The molecule has 0 amide bonds. The minimum absolute atomic E-state index is 0.122. The molecule has 1 atom stereocenters. The minimum atomic E-state index is -0.122. The molecule has 0 heterocycles. The summed E-state index contributed by atoms with van der Waals surface area (Å²) in [6.07, 6.45) is 0.764. The van der Waals surface area contributed by atoms with Gasteiger partial charge in [-0.25, -0.2) is 0 Å². The molecule has 0 aliphatic carbocycles. The van der Waals surface area contributed by atoms with Crippen LogP contribution in [-0.4, -0.2) is 0 Å². The molecule has 18 heavy (non-hydrogen) atoms. The van der Waals surface area contributed by atoms with Gasteiger partial charge in [-0.3, -0.25) is 0 Å². The van der Waals surface area contributed by atoms with E-state index in [0.29, 0.717) is 10.0 Å². The molecule has 0 radical (unpaired) electrons. The lowest BCUT2D eigenvalue weighted by Gasteiger charge is -2.11. The fourth-order valence-corrected chi connectivity index (χ4v) is 2.77. The van der Waals surface area contributed by atoms with E-state index in [1.807, 2.05) is 18.2 Å². The summed E-state index contributed by atoms with van der Waals surface area (Å²) in [6.45, 7) is 2.07. The van der Waals surface area contributed by atoms with Gasteiger partial charge in [-0.15, -0.1) is 11.6 Å². The SMILES string of the molecule is Cc1cccc(CC(Cl)c2cc(Cl)cc(Cl)c2)c1. The summed E-state index contributed by atoms with van der Waals surface area (Å²) in [6, 6.07) is 13.8. The average molecular weight is 300 g/mol. The Labute approximate surface area is 122 Å². The molecule has 2 aromatic carbocycles. The highest BCUT2D eigenvalue weighted by Crippen LogP contribution is 2.30. The van der Waals surface area contributed by atoms with Crippen molar-refractivity contribution in [2.75, 3.05) is 0 Å². The van der Waals surface area contributed by atoms with Crippen LogP contribution >= 0.6 is 34.8 Å². The van der Waals surface area contributed by atoms with E-state index in [0.717, 1.165) is 12.0 Å². The van der Waals surface area contributed by atoms with Crippen molar-refractivity contribution in [3.05, 3.63) is 69.2 Å². The standard InChI is InChI=1S/C15H13Cl3/c1-10-3-2-4-11(5-10)6-15(18)12-7-13(16)9-14(17)8-12/h2-5,7-9,15H,6H2,1H3. The summed E-state index contributed by atoms with van der Waals surface area (Å²) < 4.78 is 0. The number of hydrogen-bond acceptors (Lipinski definition) is 0. The first-order valence-corrected chi connectivity index (χ1v) is 6.89. The second-order valence-electron chi connectivity index (χ2n) is 4.36. The Bertz CT molecular complexity index is 529. The van der Waals surface area contributed by atoms with E-state index in [4.69, 9.17) is 34.8 Å². The highest BCUT2D eigenvalue weighted by atomic mass is 35.5. The molecule has 0 nitrogen and oxygen atoms in total. The van der Waals surface area contributed by atoms with E-state index < -0.39 is 0 Å². The number of halogens is 3. The van der Waals surface area contributed by atoms with Gasteiger partial charge < -0.3 is 0 Å². The van der Waals surface area contributed by atoms with Gasteiger partial charge in [0.25, 0.3) is 0 Å². The van der Waals surface area contributed by atoms with Crippen LogP contribution in [0, 0.1) is 6.92 Å². The third kappa shape index (κ3) is 3.65. The van der Waals surface area contributed by atoms with Crippen molar-refractivity contribution in [3.63, 3.8) is 0 Å². The van der Waals surface area contributed by atoms with Gasteiger partial charge in [0.15, 0.2) is 0 Å². The third-order valence-electron chi connectivity index (χ3n) is 2.74.